The van der Waals surface area contributed by atoms with Gasteiger partial charge >= 0.3 is 0 Å². The lowest BCUT2D eigenvalue weighted by molar-refractivity contribution is 0.0775. The molecule has 1 saturated carbocycles. The Hall–Kier alpha value is -12.4. The second-order valence-corrected chi connectivity index (χ2v) is 35.5. The van der Waals surface area contributed by atoms with Gasteiger partial charge in [0, 0.05) is 256 Å². The number of hydrogen-bond acceptors (Lipinski definition) is 23. The zero-order valence-electron chi connectivity index (χ0n) is 74.1. The van der Waals surface area contributed by atoms with Crippen molar-refractivity contribution in [1.29, 1.82) is 0 Å². The molecule has 674 valence electrons. The Labute approximate surface area is 757 Å². The molecule has 31 nitrogen and oxygen atoms in total. The van der Waals surface area contributed by atoms with E-state index in [0.29, 0.717) is 121 Å². The van der Waals surface area contributed by atoms with Crippen molar-refractivity contribution in [1.82, 2.24) is 94.7 Å². The van der Waals surface area contributed by atoms with E-state index >= 15 is 0 Å². The van der Waals surface area contributed by atoms with Crippen LogP contribution in [0, 0.1) is 39.3 Å². The first-order valence-corrected chi connectivity index (χ1v) is 44.9. The number of aryl methyl sites for hydroxylation is 4. The monoisotopic (exact) mass is 1800 g/mol. The molecular formula is C95H104Cl2F2N24O7. The number of nitrogens with zero attached hydrogens (tertiary/aromatic N) is 24. The van der Waals surface area contributed by atoms with Crippen LogP contribution in [-0.4, -0.2) is 260 Å². The first kappa shape index (κ1) is 88.2. The summed E-state index contributed by atoms with van der Waals surface area (Å²) in [7, 11) is 1.72. The lowest BCUT2D eigenvalue weighted by Gasteiger charge is -2.47. The summed E-state index contributed by atoms with van der Waals surface area (Å²) in [5.41, 5.74) is 15.3. The molecule has 0 aromatic carbocycles. The molecule has 4 atom stereocenters. The highest BCUT2D eigenvalue weighted by molar-refractivity contribution is 6.34. The Bertz CT molecular complexity index is 7020. The number of anilines is 4. The smallest absolute Gasteiger partial charge is 0.258 e. The molecule has 21 rings (SSSR count). The summed E-state index contributed by atoms with van der Waals surface area (Å²) in [6.45, 7) is 30.4. The zero-order valence-corrected chi connectivity index (χ0v) is 75.6. The predicted octanol–water partition coefficient (Wildman–Crippen LogP) is 11.1. The molecule has 0 bridgehead atoms. The van der Waals surface area contributed by atoms with Crippen molar-refractivity contribution >= 4 is 91.1 Å². The summed E-state index contributed by atoms with van der Waals surface area (Å²) in [5, 5.41) is 19.5. The van der Waals surface area contributed by atoms with Gasteiger partial charge in [0.05, 0.1) is 98.2 Å². The van der Waals surface area contributed by atoms with E-state index < -0.39 is 11.6 Å². The molecule has 35 heteroatoms. The number of pyridine rings is 8. The first-order valence-electron chi connectivity index (χ1n) is 44.2. The van der Waals surface area contributed by atoms with Crippen LogP contribution in [0.15, 0.2) is 191 Å². The summed E-state index contributed by atoms with van der Waals surface area (Å²) in [5.74, 6) is -0.904. The quantitative estimate of drug-likeness (QED) is 0.0909. The predicted molar refractivity (Wildman–Crippen MR) is 503 cm³/mol. The number of aromatic nitrogens is 16. The Morgan fingerprint density at radius 3 is 0.969 bits per heavy atom. The summed E-state index contributed by atoms with van der Waals surface area (Å²) in [4.78, 5) is 107. The van der Waals surface area contributed by atoms with E-state index in [1.54, 1.807) is 79.0 Å². The van der Waals surface area contributed by atoms with Gasteiger partial charge in [-0.2, -0.15) is 0 Å². The van der Waals surface area contributed by atoms with Crippen molar-refractivity contribution in [2.24, 2.45) is 0 Å². The molecule has 0 unspecified atom stereocenters. The van der Waals surface area contributed by atoms with Crippen LogP contribution in [0.1, 0.15) is 69.7 Å². The minimum atomic E-state index is -0.456. The summed E-state index contributed by atoms with van der Waals surface area (Å²) in [6, 6.07) is 30.2. The van der Waals surface area contributed by atoms with Gasteiger partial charge in [-0.1, -0.05) is 29.6 Å². The maximum Gasteiger partial charge on any atom is 0.258 e. The van der Waals surface area contributed by atoms with Crippen molar-refractivity contribution in [2.75, 3.05) is 145 Å². The molecule has 16 aromatic rings. The summed E-state index contributed by atoms with van der Waals surface area (Å²) in [6.07, 6.45) is 26.1. The molecule has 5 fully saturated rings. The second-order valence-electron chi connectivity index (χ2n) is 34.7. The van der Waals surface area contributed by atoms with E-state index in [4.69, 9.17) is 37.9 Å². The minimum absolute atomic E-state index is 0.101. The average Bonchev–Trinajstić information content (AvgIpc) is 1.50. The van der Waals surface area contributed by atoms with Crippen molar-refractivity contribution in [3.05, 3.63) is 257 Å². The normalized spacial score (nSPS) is 18.1. The first-order chi connectivity index (χ1) is 62.7. The molecular weight excluding hydrogens is 1700 g/mol. The van der Waals surface area contributed by atoms with Gasteiger partial charge in [0.1, 0.15) is 22.6 Å². The third-order valence-corrected chi connectivity index (χ3v) is 26.2. The van der Waals surface area contributed by atoms with Crippen molar-refractivity contribution < 1.29 is 23.7 Å². The van der Waals surface area contributed by atoms with E-state index in [0.717, 1.165) is 149 Å². The second kappa shape index (κ2) is 37.2. The molecule has 1 aliphatic carbocycles. The van der Waals surface area contributed by atoms with E-state index in [1.165, 1.54) is 47.9 Å². The van der Waals surface area contributed by atoms with Gasteiger partial charge in [-0.3, -0.25) is 56.4 Å². The van der Waals surface area contributed by atoms with Gasteiger partial charge in [0.2, 0.25) is 0 Å². The summed E-state index contributed by atoms with van der Waals surface area (Å²) >= 11 is 12.9. The lowest BCUT2D eigenvalue weighted by Crippen LogP contribution is -2.57. The van der Waals surface area contributed by atoms with Gasteiger partial charge < -0.3 is 52.2 Å². The van der Waals surface area contributed by atoms with Crippen molar-refractivity contribution in [2.45, 2.75) is 105 Å². The van der Waals surface area contributed by atoms with Crippen LogP contribution in [0.3, 0.4) is 0 Å². The highest BCUT2D eigenvalue weighted by Crippen LogP contribution is 2.34. The number of methoxy groups -OCH3 is 1. The van der Waals surface area contributed by atoms with Crippen LogP contribution in [0.5, 0.6) is 0 Å². The maximum atomic E-state index is 14.5. The van der Waals surface area contributed by atoms with Gasteiger partial charge in [-0.25, -0.2) is 48.7 Å². The molecule has 4 aliphatic heterocycles. The molecule has 0 amide bonds. The van der Waals surface area contributed by atoms with E-state index in [9.17, 15) is 38.2 Å². The third kappa shape index (κ3) is 18.3. The molecule has 130 heavy (non-hydrogen) atoms. The molecule has 0 spiro atoms. The van der Waals surface area contributed by atoms with Gasteiger partial charge in [0.25, 0.3) is 22.2 Å². The number of rotatable bonds is 16. The minimum Gasteiger partial charge on any atom is -0.395 e. The van der Waals surface area contributed by atoms with Gasteiger partial charge in [-0.05, 0) is 141 Å². The standard InChI is InChI=1S/C25H27ClN6O.C24H27FN6O2.C23H25ClN6O2.C23H25FN6O2/c1-16-12-30-14-18(10-21(26)25(30)27-16)22-11-24(33)32-15-20(6-7-23(32)28-22)29-8-9-31(17(2)13-29)19-4-3-5-19;1-16-12-30-14-18(10-20(25)24(30)26-16)21-11-23(32)31-15-19(4-5-22(31)27-21)29-7-6-28(8-9-33-3)17(2)13-29;2*1-15-11-29-13-17(9-19(24)23(29)25-15)20-10-22(32)30-14-18(3-4-21(30)26-20)28-6-5-27(7-8-31)16(2)12-28/h6-7,10-12,14-15,17,19H,3-5,8-9,13H2,1-2H3;4-5,10-12,14-15,17H,6-9,13H2,1-3H3;2*3-4,9-11,13-14,16,31H,5-8,12H2,1-2H3/t2*17-;2*16-/m0000/s1. The van der Waals surface area contributed by atoms with Gasteiger partial charge in [0.15, 0.2) is 34.2 Å². The molecule has 0 radical (unpaired) electrons. The van der Waals surface area contributed by atoms with E-state index in [-0.39, 0.29) is 46.7 Å². The topological polar surface area (TPSA) is 282 Å². The largest absolute Gasteiger partial charge is 0.395 e. The van der Waals surface area contributed by atoms with Crippen molar-refractivity contribution in [3.63, 3.8) is 0 Å². The van der Waals surface area contributed by atoms with Crippen LogP contribution < -0.4 is 41.8 Å². The number of ether oxygens (including phenoxy) is 1. The number of halogens is 4. The lowest BCUT2D eigenvalue weighted by atomic mass is 9.89. The maximum absolute atomic E-state index is 14.5. The molecule has 5 aliphatic rings. The molecule has 16 aromatic heterocycles. The Morgan fingerprint density at radius 1 is 0.369 bits per heavy atom. The highest BCUT2D eigenvalue weighted by Gasteiger charge is 2.34. The number of aliphatic hydroxyl groups excluding tert-OH is 2. The average molecular weight is 1800 g/mol. The fourth-order valence-electron chi connectivity index (χ4n) is 18.6. The molecule has 4 saturated heterocycles. The number of imidazole rings is 4. The number of piperazine rings is 4. The Balaban J connectivity index is 0.000000117. The van der Waals surface area contributed by atoms with Crippen LogP contribution in [0.4, 0.5) is 31.5 Å². The van der Waals surface area contributed by atoms with Crippen LogP contribution in [0.25, 0.3) is 90.2 Å². The highest BCUT2D eigenvalue weighted by atomic mass is 35.5. The van der Waals surface area contributed by atoms with Gasteiger partial charge in [-0.15, -0.1) is 0 Å². The van der Waals surface area contributed by atoms with Crippen LogP contribution >= 0.6 is 23.2 Å². The Kier molecular flexibility index (Phi) is 25.2. The number of aliphatic hydroxyl groups is 2. The fourth-order valence-corrected chi connectivity index (χ4v) is 19.1. The third-order valence-electron chi connectivity index (χ3n) is 25.6. The fraction of sp³-hybridized carbons (Fsp3) is 0.368. The van der Waals surface area contributed by atoms with E-state index in [1.807, 2.05) is 128 Å². The summed E-state index contributed by atoms with van der Waals surface area (Å²) < 4.78 is 47.5. The van der Waals surface area contributed by atoms with Crippen LogP contribution in [-0.2, 0) is 4.74 Å². The molecule has 20 heterocycles. The zero-order chi connectivity index (χ0) is 90.6. The number of β-amino-alcohol motifs (C(OH)–C–C–N with tert-alkyl or cyclic N) is 2. The Morgan fingerprint density at radius 2 is 0.669 bits per heavy atom. The van der Waals surface area contributed by atoms with Crippen molar-refractivity contribution in [3.8, 4) is 45.0 Å². The number of hydrogen-bond donors (Lipinski definition) is 2. The SMILES string of the molecule is COCCN1CCN(c2ccc3nc(-c4cc(F)c5nc(C)cn5c4)cc(=O)n3c2)C[C@@H]1C.Cc1cn2cc(-c3cc(=O)n4cc(N5CCN(C6CCC6)[C@@H](C)C5)ccc4n3)cc(Cl)c2n1.Cc1cn2cc(-c3cc(=O)n4cc(N5CCN(CCO)[C@@H](C)C5)ccc4n3)cc(Cl)c2n1.Cc1cn2cc(-c3cc(=O)n4cc(N5CCN(CCO)[C@@H](C)C5)ccc4n3)cc(F)c2n1. The van der Waals surface area contributed by atoms with E-state index in [2.05, 4.69) is 103 Å². The van der Waals surface area contributed by atoms with Crippen LogP contribution in [0.2, 0.25) is 10.0 Å². The number of fused-ring (bicyclic) bond motifs is 8. The molecule has 2 N–H and O–H groups in total.